The molecule has 0 saturated carbocycles. The normalized spacial score (nSPS) is 12.3. The minimum atomic E-state index is -0.221. The summed E-state index contributed by atoms with van der Waals surface area (Å²) in [6.45, 7) is 3.66. The SMILES string of the molecule is COC(=O)[C@@H](C)CN(Cc1ccccc1)Cn1ncn(C)c1=S. The molecule has 1 atom stereocenters. The summed E-state index contributed by atoms with van der Waals surface area (Å²) in [5.74, 6) is -0.436. The Hall–Kier alpha value is -1.99. The van der Waals surface area contributed by atoms with Gasteiger partial charge in [-0.1, -0.05) is 37.3 Å². The molecule has 0 aliphatic rings. The van der Waals surface area contributed by atoms with E-state index in [0.29, 0.717) is 24.5 Å². The van der Waals surface area contributed by atoms with Crippen LogP contribution in [0, 0.1) is 10.7 Å². The van der Waals surface area contributed by atoms with Gasteiger partial charge in [-0.2, -0.15) is 5.10 Å². The van der Waals surface area contributed by atoms with Crippen molar-refractivity contribution in [1.82, 2.24) is 19.2 Å². The number of ether oxygens (including phenoxy) is 1. The van der Waals surface area contributed by atoms with Gasteiger partial charge in [0.05, 0.1) is 19.7 Å². The molecule has 0 N–H and O–H groups in total. The number of carbonyl (C=O) groups excluding carboxylic acids is 1. The molecule has 0 fully saturated rings. The lowest BCUT2D eigenvalue weighted by molar-refractivity contribution is -0.145. The second-order valence-corrected chi connectivity index (χ2v) is 5.95. The second kappa shape index (κ2) is 8.03. The average Bonchev–Trinajstić information content (AvgIpc) is 2.87. The quantitative estimate of drug-likeness (QED) is 0.574. The molecule has 1 heterocycles. The van der Waals surface area contributed by atoms with Crippen molar-refractivity contribution in [3.8, 4) is 0 Å². The maximum Gasteiger partial charge on any atom is 0.309 e. The van der Waals surface area contributed by atoms with Crippen molar-refractivity contribution in [3.63, 3.8) is 0 Å². The first-order chi connectivity index (χ1) is 11.0. The van der Waals surface area contributed by atoms with Crippen LogP contribution in [-0.2, 0) is 29.8 Å². The van der Waals surface area contributed by atoms with Gasteiger partial charge in [0, 0.05) is 20.1 Å². The van der Waals surface area contributed by atoms with Crippen molar-refractivity contribution >= 4 is 18.2 Å². The number of aromatic nitrogens is 3. The zero-order valence-corrected chi connectivity index (χ0v) is 14.5. The van der Waals surface area contributed by atoms with Gasteiger partial charge in [0.1, 0.15) is 6.33 Å². The maximum atomic E-state index is 11.7. The van der Waals surface area contributed by atoms with E-state index in [1.807, 2.05) is 32.2 Å². The number of methoxy groups -OCH3 is 1. The van der Waals surface area contributed by atoms with Gasteiger partial charge in [-0.25, -0.2) is 4.68 Å². The van der Waals surface area contributed by atoms with Crippen molar-refractivity contribution in [2.45, 2.75) is 20.1 Å². The van der Waals surface area contributed by atoms with Crippen LogP contribution in [0.3, 0.4) is 0 Å². The molecule has 124 valence electrons. The summed E-state index contributed by atoms with van der Waals surface area (Å²) >= 11 is 5.34. The van der Waals surface area contributed by atoms with E-state index < -0.39 is 0 Å². The Labute approximate surface area is 141 Å². The highest BCUT2D eigenvalue weighted by atomic mass is 32.1. The van der Waals surface area contributed by atoms with Gasteiger partial charge in [0.25, 0.3) is 0 Å². The van der Waals surface area contributed by atoms with Crippen LogP contribution in [0.2, 0.25) is 0 Å². The molecule has 0 unspecified atom stereocenters. The van der Waals surface area contributed by atoms with Crippen LogP contribution in [0.25, 0.3) is 0 Å². The third kappa shape index (κ3) is 4.74. The number of esters is 1. The van der Waals surface area contributed by atoms with Gasteiger partial charge in [-0.3, -0.25) is 9.69 Å². The summed E-state index contributed by atoms with van der Waals surface area (Å²) in [4.78, 5) is 13.9. The molecule has 0 aliphatic heterocycles. The largest absolute Gasteiger partial charge is 0.469 e. The molecule has 1 aromatic heterocycles. The van der Waals surface area contributed by atoms with E-state index in [1.165, 1.54) is 12.7 Å². The van der Waals surface area contributed by atoms with Crippen LogP contribution in [0.5, 0.6) is 0 Å². The molecule has 1 aromatic carbocycles. The van der Waals surface area contributed by atoms with Crippen molar-refractivity contribution in [2.75, 3.05) is 13.7 Å². The number of hydrogen-bond acceptors (Lipinski definition) is 5. The predicted molar refractivity (Wildman–Crippen MR) is 90.1 cm³/mol. The van der Waals surface area contributed by atoms with Gasteiger partial charge in [0.15, 0.2) is 4.77 Å². The third-order valence-electron chi connectivity index (χ3n) is 3.61. The highest BCUT2D eigenvalue weighted by Crippen LogP contribution is 2.10. The van der Waals surface area contributed by atoms with E-state index in [-0.39, 0.29) is 11.9 Å². The maximum absolute atomic E-state index is 11.7. The number of nitrogens with zero attached hydrogens (tertiary/aromatic N) is 4. The Morgan fingerprint density at radius 1 is 1.39 bits per heavy atom. The molecular weight excluding hydrogens is 312 g/mol. The summed E-state index contributed by atoms with van der Waals surface area (Å²) in [5.41, 5.74) is 1.17. The molecule has 7 heteroatoms. The van der Waals surface area contributed by atoms with E-state index in [4.69, 9.17) is 17.0 Å². The molecule has 6 nitrogen and oxygen atoms in total. The Bertz CT molecular complexity index is 696. The first-order valence-electron chi connectivity index (χ1n) is 7.43. The number of carbonyl (C=O) groups is 1. The highest BCUT2D eigenvalue weighted by Gasteiger charge is 2.18. The zero-order valence-electron chi connectivity index (χ0n) is 13.7. The molecule has 0 aliphatic carbocycles. The Kier molecular flexibility index (Phi) is 6.06. The number of hydrogen-bond donors (Lipinski definition) is 0. The molecule has 2 rings (SSSR count). The van der Waals surface area contributed by atoms with Crippen molar-refractivity contribution < 1.29 is 9.53 Å². The second-order valence-electron chi connectivity index (χ2n) is 5.59. The fourth-order valence-corrected chi connectivity index (χ4v) is 2.54. The van der Waals surface area contributed by atoms with E-state index in [2.05, 4.69) is 22.1 Å². The summed E-state index contributed by atoms with van der Waals surface area (Å²) in [7, 11) is 3.28. The Morgan fingerprint density at radius 2 is 2.09 bits per heavy atom. The van der Waals surface area contributed by atoms with E-state index in [9.17, 15) is 4.79 Å². The van der Waals surface area contributed by atoms with Gasteiger partial charge < -0.3 is 9.30 Å². The van der Waals surface area contributed by atoms with Gasteiger partial charge in [-0.15, -0.1) is 0 Å². The van der Waals surface area contributed by atoms with Crippen LogP contribution >= 0.6 is 12.2 Å². The minimum absolute atomic E-state index is 0.215. The van der Waals surface area contributed by atoms with E-state index in [1.54, 1.807) is 15.6 Å². The van der Waals surface area contributed by atoms with Crippen LogP contribution in [0.1, 0.15) is 12.5 Å². The third-order valence-corrected chi connectivity index (χ3v) is 4.10. The van der Waals surface area contributed by atoms with Crippen molar-refractivity contribution in [1.29, 1.82) is 0 Å². The van der Waals surface area contributed by atoms with Gasteiger partial charge in [-0.05, 0) is 17.8 Å². The highest BCUT2D eigenvalue weighted by molar-refractivity contribution is 7.71. The van der Waals surface area contributed by atoms with E-state index in [0.717, 1.165) is 0 Å². The molecule has 0 amide bonds. The molecular formula is C16H22N4O2S. The molecule has 23 heavy (non-hydrogen) atoms. The first-order valence-corrected chi connectivity index (χ1v) is 7.84. The van der Waals surface area contributed by atoms with Crippen molar-refractivity contribution in [2.24, 2.45) is 13.0 Å². The summed E-state index contributed by atoms with van der Waals surface area (Å²) < 4.78 is 9.02. The number of benzene rings is 1. The fraction of sp³-hybridized carbons (Fsp3) is 0.438. The molecule has 0 saturated heterocycles. The standard InChI is InChI=1S/C16H22N4O2S/c1-13(15(21)22-3)9-19(10-14-7-5-4-6-8-14)12-20-16(23)18(2)11-17-20/h4-8,11,13H,9-10,12H2,1-3H3/t13-/m0/s1. The monoisotopic (exact) mass is 334 g/mol. The molecule has 0 radical (unpaired) electrons. The Balaban J connectivity index is 2.15. The molecule has 0 bridgehead atoms. The Morgan fingerprint density at radius 3 is 2.65 bits per heavy atom. The lowest BCUT2D eigenvalue weighted by Gasteiger charge is -2.24. The first kappa shape index (κ1) is 17.4. The van der Waals surface area contributed by atoms with E-state index >= 15 is 0 Å². The topological polar surface area (TPSA) is 52.3 Å². The zero-order chi connectivity index (χ0) is 16.8. The molecule has 0 spiro atoms. The lowest BCUT2D eigenvalue weighted by Crippen LogP contribution is -2.34. The predicted octanol–water partition coefficient (Wildman–Crippen LogP) is 2.22. The van der Waals surface area contributed by atoms with Crippen LogP contribution in [0.15, 0.2) is 36.7 Å². The average molecular weight is 334 g/mol. The molecule has 2 aromatic rings. The van der Waals surface area contributed by atoms with Gasteiger partial charge >= 0.3 is 5.97 Å². The summed E-state index contributed by atoms with van der Waals surface area (Å²) in [6.07, 6.45) is 1.69. The smallest absolute Gasteiger partial charge is 0.309 e. The van der Waals surface area contributed by atoms with Crippen LogP contribution in [-0.4, -0.2) is 38.9 Å². The van der Waals surface area contributed by atoms with Crippen molar-refractivity contribution in [3.05, 3.63) is 47.0 Å². The minimum Gasteiger partial charge on any atom is -0.469 e. The van der Waals surface area contributed by atoms with Gasteiger partial charge in [0.2, 0.25) is 0 Å². The lowest BCUT2D eigenvalue weighted by atomic mass is 10.1. The van der Waals surface area contributed by atoms with Crippen LogP contribution < -0.4 is 0 Å². The summed E-state index contributed by atoms with van der Waals surface area (Å²) in [5, 5.41) is 4.29. The summed E-state index contributed by atoms with van der Waals surface area (Å²) in [6, 6.07) is 10.1. The number of rotatable bonds is 7. The fourth-order valence-electron chi connectivity index (χ4n) is 2.38. The van der Waals surface area contributed by atoms with Crippen LogP contribution in [0.4, 0.5) is 0 Å². The number of aryl methyl sites for hydroxylation is 1.